The molecule has 0 fully saturated rings. The molecule has 0 saturated carbocycles. The summed E-state index contributed by atoms with van der Waals surface area (Å²) in [6.07, 6.45) is 10.8. The summed E-state index contributed by atoms with van der Waals surface area (Å²) in [5.41, 5.74) is 0. The molecule has 0 nitrogen and oxygen atoms in total. The molecule has 0 aliphatic heterocycles. The van der Waals surface area contributed by atoms with Crippen LogP contribution >= 0.6 is 32.9 Å². The van der Waals surface area contributed by atoms with Crippen LogP contribution in [0.15, 0.2) is 72.8 Å². The number of benzene rings is 2. The number of rotatable bonds is 10. The van der Waals surface area contributed by atoms with E-state index in [-0.39, 0.29) is 15.8 Å². The van der Waals surface area contributed by atoms with Gasteiger partial charge in [0.2, 0.25) is 0 Å². The maximum absolute atomic E-state index is 4.93. The van der Waals surface area contributed by atoms with Crippen LogP contribution in [0.4, 0.5) is 0 Å². The Morgan fingerprint density at radius 1 is 0.600 bits per heavy atom. The average molecular weight is 625 g/mol. The van der Waals surface area contributed by atoms with E-state index in [0.717, 1.165) is 0 Å². The molecule has 0 heterocycles. The van der Waals surface area contributed by atoms with Crippen molar-refractivity contribution in [2.24, 2.45) is 0 Å². The van der Waals surface area contributed by atoms with Crippen molar-refractivity contribution >= 4 is 65.0 Å². The molecule has 0 radical (unpaired) electrons. The van der Waals surface area contributed by atoms with E-state index in [4.69, 9.17) is 17.0 Å². The zero-order chi connectivity index (χ0) is 25.5. The Bertz CT molecular complexity index is 924. The van der Waals surface area contributed by atoms with Crippen molar-refractivity contribution in [3.63, 3.8) is 0 Å². The van der Waals surface area contributed by atoms with Crippen molar-refractivity contribution < 1.29 is 20.8 Å². The van der Waals surface area contributed by atoms with Gasteiger partial charge in [-0.1, -0.05) is 81.4 Å². The molecule has 4 rings (SSSR count). The van der Waals surface area contributed by atoms with Crippen LogP contribution in [0.5, 0.6) is 0 Å². The SMILES string of the molecule is CCCP(CCC)c1cc2ccccc2[cH-]1.CCCP(CCC)c1cc2ccccc2[cH-]1.[Cl][Zr+2][Cl]. The minimum atomic E-state index is -0.826. The molecular formula is C30H40Cl2P2Zr. The van der Waals surface area contributed by atoms with Gasteiger partial charge in [0.25, 0.3) is 0 Å². The van der Waals surface area contributed by atoms with Crippen LogP contribution in [-0.4, -0.2) is 24.6 Å². The van der Waals surface area contributed by atoms with E-state index in [1.54, 1.807) is 10.6 Å². The third kappa shape index (κ3) is 10.3. The Morgan fingerprint density at radius 3 is 1.20 bits per heavy atom. The van der Waals surface area contributed by atoms with Crippen molar-refractivity contribution in [1.82, 2.24) is 0 Å². The van der Waals surface area contributed by atoms with Crippen LogP contribution < -0.4 is 10.6 Å². The third-order valence-electron chi connectivity index (χ3n) is 5.91. The molecular weight excluding hydrogens is 584 g/mol. The topological polar surface area (TPSA) is 0 Å². The van der Waals surface area contributed by atoms with E-state index in [9.17, 15) is 0 Å². The van der Waals surface area contributed by atoms with Gasteiger partial charge in [0, 0.05) is 0 Å². The van der Waals surface area contributed by atoms with Gasteiger partial charge in [-0.3, -0.25) is 0 Å². The van der Waals surface area contributed by atoms with Gasteiger partial charge >= 0.3 is 37.9 Å². The molecule has 188 valence electrons. The predicted octanol–water partition coefficient (Wildman–Crippen LogP) is 10.3. The third-order valence-corrected chi connectivity index (χ3v) is 11.8. The van der Waals surface area contributed by atoms with Gasteiger partial charge in [-0.05, 0) is 24.6 Å². The van der Waals surface area contributed by atoms with Gasteiger partial charge < -0.3 is 0 Å². The molecule has 0 bridgehead atoms. The summed E-state index contributed by atoms with van der Waals surface area (Å²) in [6.45, 7) is 9.20. The van der Waals surface area contributed by atoms with E-state index in [0.29, 0.717) is 0 Å². The molecule has 35 heavy (non-hydrogen) atoms. The second-order valence-electron chi connectivity index (χ2n) is 8.73. The van der Waals surface area contributed by atoms with Crippen molar-refractivity contribution in [3.8, 4) is 0 Å². The molecule has 0 aromatic heterocycles. The van der Waals surface area contributed by atoms with Gasteiger partial charge in [0.15, 0.2) is 0 Å². The van der Waals surface area contributed by atoms with E-state index in [2.05, 4.69) is 100 Å². The molecule has 0 unspecified atom stereocenters. The average Bonchev–Trinajstić information content (AvgIpc) is 3.49. The number of hydrogen-bond donors (Lipinski definition) is 0. The van der Waals surface area contributed by atoms with Gasteiger partial charge in [-0.15, -0.1) is 80.7 Å². The molecule has 4 aromatic rings. The van der Waals surface area contributed by atoms with E-state index in [1.807, 2.05) is 0 Å². The Morgan fingerprint density at radius 2 is 0.914 bits per heavy atom. The monoisotopic (exact) mass is 622 g/mol. The van der Waals surface area contributed by atoms with Crippen LogP contribution in [0, 0.1) is 0 Å². The van der Waals surface area contributed by atoms with Crippen LogP contribution in [0.25, 0.3) is 21.5 Å². The number of halogens is 2. The Labute approximate surface area is 235 Å². The van der Waals surface area contributed by atoms with Gasteiger partial charge in [-0.2, -0.15) is 12.1 Å². The zero-order valence-electron chi connectivity index (χ0n) is 21.7. The molecule has 5 heteroatoms. The van der Waals surface area contributed by atoms with Gasteiger partial charge in [0.1, 0.15) is 0 Å². The fourth-order valence-corrected chi connectivity index (χ4v) is 9.38. The number of fused-ring (bicyclic) bond motifs is 2. The normalized spacial score (nSPS) is 10.7. The molecule has 0 N–H and O–H groups in total. The predicted molar refractivity (Wildman–Crippen MR) is 165 cm³/mol. The fourth-order valence-electron chi connectivity index (χ4n) is 4.45. The van der Waals surface area contributed by atoms with Crippen LogP contribution in [0.2, 0.25) is 0 Å². The second-order valence-corrected chi connectivity index (χ2v) is 17.4. The van der Waals surface area contributed by atoms with Crippen molar-refractivity contribution in [1.29, 1.82) is 0 Å². The van der Waals surface area contributed by atoms with Crippen LogP contribution in [0.1, 0.15) is 53.4 Å². The Balaban J connectivity index is 0.000000222. The quantitative estimate of drug-likeness (QED) is 0.122. The first-order chi connectivity index (χ1) is 17.1. The fraction of sp³-hybridized carbons (Fsp3) is 0.400. The summed E-state index contributed by atoms with van der Waals surface area (Å²) in [7, 11) is 10.1. The standard InChI is InChI=1S/2C15H20P.2ClH.Zr/c2*1-3-9-16(10-4-2)15-11-13-7-5-6-8-14(13)12-15;;;/h2*5-8,11-12H,3-4,9-10H2,1-2H3;2*1H;/q2*-1;;;+4/p-2. The summed E-state index contributed by atoms with van der Waals surface area (Å²) in [5.74, 6) is 0. The molecule has 0 aliphatic rings. The molecule has 0 atom stereocenters. The molecule has 0 spiro atoms. The first-order valence-corrected chi connectivity index (χ1v) is 22.6. The molecule has 0 amide bonds. The minimum absolute atomic E-state index is 0.0972. The summed E-state index contributed by atoms with van der Waals surface area (Å²) in [5, 5.41) is 8.88. The summed E-state index contributed by atoms with van der Waals surface area (Å²) < 4.78 is 0. The maximum atomic E-state index is 4.93. The summed E-state index contributed by atoms with van der Waals surface area (Å²) in [4.78, 5) is 0. The Kier molecular flexibility index (Phi) is 16.3. The molecule has 4 aromatic carbocycles. The molecule has 0 aliphatic carbocycles. The van der Waals surface area contributed by atoms with Gasteiger partial charge in [0.05, 0.1) is 0 Å². The van der Waals surface area contributed by atoms with E-state index < -0.39 is 20.8 Å². The molecule has 0 saturated heterocycles. The Hall–Kier alpha value is -0.0169. The first-order valence-electron chi connectivity index (χ1n) is 12.9. The zero-order valence-corrected chi connectivity index (χ0v) is 27.5. The van der Waals surface area contributed by atoms with Crippen molar-refractivity contribution in [2.75, 3.05) is 24.6 Å². The number of hydrogen-bond acceptors (Lipinski definition) is 0. The van der Waals surface area contributed by atoms with E-state index in [1.165, 1.54) is 71.9 Å². The summed E-state index contributed by atoms with van der Waals surface area (Å²) in [6, 6.07) is 27.1. The summed E-state index contributed by atoms with van der Waals surface area (Å²) >= 11 is -0.826. The van der Waals surface area contributed by atoms with Crippen molar-refractivity contribution in [2.45, 2.75) is 53.4 Å². The van der Waals surface area contributed by atoms with Crippen molar-refractivity contribution in [3.05, 3.63) is 72.8 Å². The second kappa shape index (κ2) is 18.3. The van der Waals surface area contributed by atoms with Crippen LogP contribution in [-0.2, 0) is 20.8 Å². The first kappa shape index (κ1) is 31.2. The van der Waals surface area contributed by atoms with E-state index >= 15 is 0 Å². The van der Waals surface area contributed by atoms with Gasteiger partial charge in [-0.25, -0.2) is 0 Å². The van der Waals surface area contributed by atoms with Crippen LogP contribution in [0.3, 0.4) is 0 Å².